The van der Waals surface area contributed by atoms with Gasteiger partial charge in [-0.15, -0.1) is 6.42 Å². The number of aromatic nitrogens is 1. The molecule has 0 bridgehead atoms. The number of hydrogen-bond donors (Lipinski definition) is 2. The van der Waals surface area contributed by atoms with Crippen LogP contribution >= 0.6 is 27.5 Å². The van der Waals surface area contributed by atoms with Crippen LogP contribution in [0.1, 0.15) is 45.7 Å². The summed E-state index contributed by atoms with van der Waals surface area (Å²) >= 11 is 9.67. The van der Waals surface area contributed by atoms with Crippen molar-refractivity contribution in [3.8, 4) is 18.1 Å². The van der Waals surface area contributed by atoms with Crippen LogP contribution in [0.2, 0.25) is 5.02 Å². The normalized spacial score (nSPS) is 12.5. The van der Waals surface area contributed by atoms with Gasteiger partial charge in [-0.25, -0.2) is 4.79 Å². The number of hydrogen-bond acceptors (Lipinski definition) is 3. The molecule has 6 nitrogen and oxygen atoms in total. The molecule has 0 saturated carbocycles. The Bertz CT molecular complexity index is 1570. The quantitative estimate of drug-likeness (QED) is 0.223. The van der Waals surface area contributed by atoms with E-state index in [9.17, 15) is 14.7 Å². The summed E-state index contributed by atoms with van der Waals surface area (Å²) in [5.74, 6) is 0.901. The lowest BCUT2D eigenvalue weighted by Gasteiger charge is -2.15. The fraction of sp³-hybridized carbons (Fsp3) is 0.200. The van der Waals surface area contributed by atoms with Crippen molar-refractivity contribution < 1.29 is 19.4 Å². The van der Waals surface area contributed by atoms with Gasteiger partial charge in [0.15, 0.2) is 0 Å². The number of nitrogens with one attached hydrogen (secondary N) is 1. The highest BCUT2D eigenvalue weighted by Crippen LogP contribution is 2.31. The Morgan fingerprint density at radius 2 is 1.84 bits per heavy atom. The molecule has 3 aromatic carbocycles. The first-order valence-corrected chi connectivity index (χ1v) is 13.1. The number of aliphatic carboxylic acids is 1. The molecule has 194 valence electrons. The fourth-order valence-electron chi connectivity index (χ4n) is 4.31. The molecule has 1 heterocycles. The van der Waals surface area contributed by atoms with Gasteiger partial charge in [-0.05, 0) is 79.9 Å². The minimum atomic E-state index is -1.44. The van der Waals surface area contributed by atoms with Gasteiger partial charge in [-0.3, -0.25) is 4.79 Å². The minimum absolute atomic E-state index is 0.143. The number of benzene rings is 3. The smallest absolute Gasteiger partial charge is 0.357 e. The van der Waals surface area contributed by atoms with E-state index in [1.807, 2.05) is 69.3 Å². The largest absolute Gasteiger partial charge is 0.478 e. The van der Waals surface area contributed by atoms with E-state index in [-0.39, 0.29) is 22.7 Å². The lowest BCUT2D eigenvalue weighted by molar-refractivity contribution is -0.142. The maximum atomic E-state index is 13.1. The lowest BCUT2D eigenvalue weighted by Crippen LogP contribution is -2.26. The number of aryl methyl sites for hydroxylation is 1. The van der Waals surface area contributed by atoms with Crippen LogP contribution in [0.4, 0.5) is 0 Å². The van der Waals surface area contributed by atoms with Crippen molar-refractivity contribution in [2.45, 2.75) is 39.5 Å². The number of carbonyl (C=O) groups excluding carboxylic acids is 1. The summed E-state index contributed by atoms with van der Waals surface area (Å²) in [6, 6.07) is 18.6. The lowest BCUT2D eigenvalue weighted by atomic mass is 10.1. The molecule has 8 heteroatoms. The third-order valence-corrected chi connectivity index (χ3v) is 7.42. The van der Waals surface area contributed by atoms with Crippen LogP contribution in [0, 0.1) is 26.2 Å². The molecule has 0 fully saturated rings. The highest BCUT2D eigenvalue weighted by molar-refractivity contribution is 9.10. The second-order valence-corrected chi connectivity index (χ2v) is 10.4. The van der Waals surface area contributed by atoms with Gasteiger partial charge < -0.3 is 19.7 Å². The molecular formula is C30H26BrClN2O4. The zero-order valence-corrected chi connectivity index (χ0v) is 23.4. The van der Waals surface area contributed by atoms with Gasteiger partial charge >= 0.3 is 5.97 Å². The van der Waals surface area contributed by atoms with Crippen molar-refractivity contribution in [2.75, 3.05) is 0 Å². The molecule has 1 aromatic heterocycles. The Morgan fingerprint density at radius 1 is 1.13 bits per heavy atom. The molecule has 0 aliphatic rings. The first-order valence-electron chi connectivity index (χ1n) is 11.9. The number of fused-ring (bicyclic) bond motifs is 1. The van der Waals surface area contributed by atoms with E-state index in [1.54, 1.807) is 12.1 Å². The Balaban J connectivity index is 1.59. The topological polar surface area (TPSA) is 80.6 Å². The van der Waals surface area contributed by atoms with E-state index in [0.717, 1.165) is 37.8 Å². The van der Waals surface area contributed by atoms with Crippen LogP contribution in [0.3, 0.4) is 0 Å². The van der Waals surface area contributed by atoms with Gasteiger partial charge in [0.05, 0.1) is 11.1 Å². The zero-order chi connectivity index (χ0) is 27.6. The predicted molar refractivity (Wildman–Crippen MR) is 153 cm³/mol. The number of carboxylic acids is 1. The van der Waals surface area contributed by atoms with Gasteiger partial charge in [-0.1, -0.05) is 51.7 Å². The van der Waals surface area contributed by atoms with E-state index in [2.05, 4.69) is 31.7 Å². The van der Waals surface area contributed by atoms with Crippen molar-refractivity contribution in [1.82, 2.24) is 9.88 Å². The second-order valence-electron chi connectivity index (χ2n) is 9.04. The summed E-state index contributed by atoms with van der Waals surface area (Å²) in [6.45, 7) is 6.50. The fourth-order valence-corrected chi connectivity index (χ4v) is 4.74. The van der Waals surface area contributed by atoms with Gasteiger partial charge in [0.25, 0.3) is 12.0 Å². The third-order valence-electron chi connectivity index (χ3n) is 6.58. The van der Waals surface area contributed by atoms with E-state index in [0.29, 0.717) is 12.1 Å². The summed E-state index contributed by atoms with van der Waals surface area (Å²) in [4.78, 5) is 24.3. The molecule has 0 aliphatic carbocycles. The molecule has 4 rings (SSSR count). The van der Waals surface area contributed by atoms with Crippen LogP contribution < -0.4 is 10.1 Å². The van der Waals surface area contributed by atoms with E-state index in [4.69, 9.17) is 22.8 Å². The van der Waals surface area contributed by atoms with Crippen molar-refractivity contribution in [3.05, 3.63) is 98.1 Å². The van der Waals surface area contributed by atoms with Crippen LogP contribution in [0.25, 0.3) is 10.9 Å². The maximum absolute atomic E-state index is 13.1. The molecule has 0 unspecified atom stereocenters. The maximum Gasteiger partial charge on any atom is 0.357 e. The monoisotopic (exact) mass is 592 g/mol. The van der Waals surface area contributed by atoms with Gasteiger partial charge in [-0.2, -0.15) is 0 Å². The number of terminal acetylenes is 1. The Labute approximate surface area is 234 Å². The van der Waals surface area contributed by atoms with Crippen molar-refractivity contribution >= 4 is 50.3 Å². The second kappa shape index (κ2) is 11.3. The molecule has 38 heavy (non-hydrogen) atoms. The van der Waals surface area contributed by atoms with Crippen molar-refractivity contribution in [1.29, 1.82) is 0 Å². The van der Waals surface area contributed by atoms with E-state index in [1.165, 1.54) is 0 Å². The summed E-state index contributed by atoms with van der Waals surface area (Å²) in [5.41, 5.74) is 5.55. The molecule has 0 aliphatic heterocycles. The molecule has 2 N–H and O–H groups in total. The van der Waals surface area contributed by atoms with Gasteiger partial charge in [0.2, 0.25) is 0 Å². The standard InChI is InChI=1S/C30H26BrClN2O4/c1-5-27(30(36)37)38-28-14-20(6-12-25(28)32)16-34-19(4)17(2)24-15-22(9-13-26(24)34)29(35)33-18(3)21-7-10-23(31)11-8-21/h1,6-15,18,27H,16H2,2-4H3,(H,33,35)(H,36,37)/t18-,27-/m0/s1. The zero-order valence-electron chi connectivity index (χ0n) is 21.1. The number of nitrogens with zero attached hydrogens (tertiary/aromatic N) is 1. The average Bonchev–Trinajstić information content (AvgIpc) is 3.13. The molecule has 2 atom stereocenters. The Morgan fingerprint density at radius 3 is 2.50 bits per heavy atom. The average molecular weight is 594 g/mol. The Hall–Kier alpha value is -3.73. The summed E-state index contributed by atoms with van der Waals surface area (Å²) in [7, 11) is 0. The number of amides is 1. The first-order chi connectivity index (χ1) is 18.1. The number of rotatable bonds is 8. The van der Waals surface area contributed by atoms with Crippen LogP contribution in [0.5, 0.6) is 5.75 Å². The van der Waals surface area contributed by atoms with Crippen LogP contribution in [-0.2, 0) is 11.3 Å². The molecule has 0 saturated heterocycles. The summed E-state index contributed by atoms with van der Waals surface area (Å²) in [6.07, 6.45) is 3.84. The minimum Gasteiger partial charge on any atom is -0.478 e. The molecular weight excluding hydrogens is 568 g/mol. The van der Waals surface area contributed by atoms with Gasteiger partial charge in [0.1, 0.15) is 5.75 Å². The van der Waals surface area contributed by atoms with E-state index >= 15 is 0 Å². The number of ether oxygens (including phenoxy) is 1. The molecule has 0 radical (unpaired) electrons. The van der Waals surface area contributed by atoms with Crippen molar-refractivity contribution in [3.63, 3.8) is 0 Å². The summed E-state index contributed by atoms with van der Waals surface area (Å²) in [5, 5.41) is 13.5. The third kappa shape index (κ3) is 5.72. The predicted octanol–water partition coefficient (Wildman–Crippen LogP) is 6.68. The number of halogens is 2. The highest BCUT2D eigenvalue weighted by Gasteiger charge is 2.19. The highest BCUT2D eigenvalue weighted by atomic mass is 79.9. The number of carboxylic acid groups (broad SMARTS) is 1. The van der Waals surface area contributed by atoms with Crippen LogP contribution in [0.15, 0.2) is 65.1 Å². The first kappa shape index (κ1) is 27.3. The molecule has 1 amide bonds. The Kier molecular flexibility index (Phi) is 8.15. The molecule has 4 aromatic rings. The van der Waals surface area contributed by atoms with Gasteiger partial charge in [0, 0.05) is 33.2 Å². The SMILES string of the molecule is C#C[C@H](Oc1cc(Cn2c(C)c(C)c3cc(C(=O)N[C@@H](C)c4ccc(Br)cc4)ccc32)ccc1Cl)C(=O)O. The van der Waals surface area contributed by atoms with E-state index < -0.39 is 12.1 Å². The van der Waals surface area contributed by atoms with Crippen LogP contribution in [-0.4, -0.2) is 27.7 Å². The van der Waals surface area contributed by atoms with Crippen molar-refractivity contribution in [2.24, 2.45) is 0 Å². The summed E-state index contributed by atoms with van der Waals surface area (Å²) < 4.78 is 8.57. The molecule has 0 spiro atoms. The number of carbonyl (C=O) groups is 2.